The molecule has 6 heteroatoms. The summed E-state index contributed by atoms with van der Waals surface area (Å²) < 4.78 is 0. The molecule has 1 saturated heterocycles. The van der Waals surface area contributed by atoms with Crippen LogP contribution in [0.2, 0.25) is 5.02 Å². The molecule has 3 amide bonds. The maximum atomic E-state index is 13.3. The van der Waals surface area contributed by atoms with Gasteiger partial charge < -0.3 is 5.32 Å². The van der Waals surface area contributed by atoms with Crippen molar-refractivity contribution in [1.82, 2.24) is 0 Å². The second-order valence-electron chi connectivity index (χ2n) is 8.68. The number of benzene rings is 2. The van der Waals surface area contributed by atoms with Crippen molar-refractivity contribution in [2.24, 2.45) is 35.5 Å². The number of halogens is 1. The first-order valence-electron chi connectivity index (χ1n) is 10.3. The van der Waals surface area contributed by atoms with Crippen LogP contribution in [0.3, 0.4) is 0 Å². The fourth-order valence-corrected chi connectivity index (χ4v) is 5.86. The normalized spacial score (nSPS) is 32.8. The smallest absolute Gasteiger partial charge is 0.255 e. The predicted molar refractivity (Wildman–Crippen MR) is 113 cm³/mol. The van der Waals surface area contributed by atoms with E-state index < -0.39 is 0 Å². The first kappa shape index (κ1) is 17.9. The van der Waals surface area contributed by atoms with Crippen LogP contribution < -0.4 is 10.2 Å². The lowest BCUT2D eigenvalue weighted by Crippen LogP contribution is -2.40. The average molecular weight is 419 g/mol. The summed E-state index contributed by atoms with van der Waals surface area (Å²) in [5.41, 5.74) is 1.48. The molecule has 2 aromatic carbocycles. The Labute approximate surface area is 178 Å². The highest BCUT2D eigenvalue weighted by molar-refractivity contribution is 6.30. The minimum Gasteiger partial charge on any atom is -0.322 e. The Morgan fingerprint density at radius 2 is 1.57 bits per heavy atom. The van der Waals surface area contributed by atoms with Crippen molar-refractivity contribution in [3.05, 3.63) is 71.3 Å². The van der Waals surface area contributed by atoms with Crippen molar-refractivity contribution >= 4 is 40.7 Å². The number of carbonyl (C=O) groups excluding carboxylic acids is 3. The summed E-state index contributed by atoms with van der Waals surface area (Å²) in [5, 5.41) is 3.40. The number of nitrogens with one attached hydrogen (secondary N) is 1. The molecule has 5 nitrogen and oxygen atoms in total. The van der Waals surface area contributed by atoms with Crippen LogP contribution in [0, 0.1) is 35.5 Å². The standard InChI is InChI=1S/C24H19ClN2O3/c25-13-4-6-14(7-5-13)26-22(28)12-2-1-3-15(10-12)27-23(29)20-16-8-9-17(19-11-18(16)19)21(20)24(27)30/h1-10,16-21H,11H2,(H,26,28)/t16-,17-,18-,19-,20-,21+/m0/s1. The van der Waals surface area contributed by atoms with E-state index in [0.717, 1.165) is 6.42 Å². The van der Waals surface area contributed by atoms with E-state index in [1.54, 1.807) is 48.5 Å². The average Bonchev–Trinajstić information content (AvgIpc) is 3.53. The Balaban J connectivity index is 1.28. The quantitative estimate of drug-likeness (QED) is 0.601. The van der Waals surface area contributed by atoms with Gasteiger partial charge in [0.25, 0.3) is 5.91 Å². The highest BCUT2D eigenvalue weighted by atomic mass is 35.5. The molecule has 2 aromatic rings. The number of imide groups is 1. The van der Waals surface area contributed by atoms with E-state index in [9.17, 15) is 14.4 Å². The van der Waals surface area contributed by atoms with Crippen LogP contribution in [-0.4, -0.2) is 17.7 Å². The topological polar surface area (TPSA) is 66.5 Å². The maximum Gasteiger partial charge on any atom is 0.255 e. The van der Waals surface area contributed by atoms with Crippen LogP contribution in [0.4, 0.5) is 11.4 Å². The number of hydrogen-bond acceptors (Lipinski definition) is 3. The van der Waals surface area contributed by atoms with E-state index in [4.69, 9.17) is 11.6 Å². The third-order valence-corrected chi connectivity index (χ3v) is 7.38. The van der Waals surface area contributed by atoms with Crippen molar-refractivity contribution in [2.45, 2.75) is 6.42 Å². The molecule has 4 aliphatic carbocycles. The van der Waals surface area contributed by atoms with E-state index in [1.165, 1.54) is 4.90 Å². The monoisotopic (exact) mass is 418 g/mol. The number of amides is 3. The molecule has 0 spiro atoms. The van der Waals surface area contributed by atoms with Crippen LogP contribution in [0.1, 0.15) is 16.8 Å². The van der Waals surface area contributed by atoms with Crippen molar-refractivity contribution in [1.29, 1.82) is 0 Å². The van der Waals surface area contributed by atoms with Gasteiger partial charge in [0, 0.05) is 16.3 Å². The van der Waals surface area contributed by atoms with Gasteiger partial charge in [-0.25, -0.2) is 4.90 Å². The number of carbonyl (C=O) groups is 3. The summed E-state index contributed by atoms with van der Waals surface area (Å²) in [6, 6.07) is 13.6. The summed E-state index contributed by atoms with van der Waals surface area (Å²) in [6.07, 6.45) is 5.45. The van der Waals surface area contributed by atoms with E-state index >= 15 is 0 Å². The summed E-state index contributed by atoms with van der Waals surface area (Å²) in [7, 11) is 0. The van der Waals surface area contributed by atoms with Gasteiger partial charge >= 0.3 is 0 Å². The lowest BCUT2D eigenvalue weighted by atomic mass is 9.63. The van der Waals surface area contributed by atoms with Gasteiger partial charge in [0.2, 0.25) is 11.8 Å². The second kappa shape index (κ2) is 6.29. The van der Waals surface area contributed by atoms with Gasteiger partial charge in [-0.3, -0.25) is 14.4 Å². The van der Waals surface area contributed by atoms with E-state index in [0.29, 0.717) is 33.8 Å². The molecule has 0 radical (unpaired) electrons. The van der Waals surface area contributed by atoms with Gasteiger partial charge in [0.05, 0.1) is 17.5 Å². The highest BCUT2D eigenvalue weighted by Crippen LogP contribution is 2.65. The fourth-order valence-electron chi connectivity index (χ4n) is 5.73. The van der Waals surface area contributed by atoms with Crippen molar-refractivity contribution in [2.75, 3.05) is 10.2 Å². The molecule has 5 aliphatic rings. The molecule has 1 N–H and O–H groups in total. The molecule has 2 bridgehead atoms. The number of hydrogen-bond donors (Lipinski definition) is 1. The molecular weight excluding hydrogens is 400 g/mol. The largest absolute Gasteiger partial charge is 0.322 e. The molecule has 3 fully saturated rings. The van der Waals surface area contributed by atoms with Crippen LogP contribution in [0.5, 0.6) is 0 Å². The third kappa shape index (κ3) is 2.51. The first-order chi connectivity index (χ1) is 14.5. The zero-order valence-electron chi connectivity index (χ0n) is 16.0. The van der Waals surface area contributed by atoms with Crippen LogP contribution >= 0.6 is 11.6 Å². The van der Waals surface area contributed by atoms with Crippen molar-refractivity contribution in [3.8, 4) is 0 Å². The minimum atomic E-state index is -0.307. The Morgan fingerprint density at radius 3 is 2.20 bits per heavy atom. The van der Waals surface area contributed by atoms with Crippen molar-refractivity contribution in [3.63, 3.8) is 0 Å². The lowest BCUT2D eigenvalue weighted by molar-refractivity contribution is -0.124. The summed E-state index contributed by atoms with van der Waals surface area (Å²) in [6.45, 7) is 0. The van der Waals surface area contributed by atoms with Crippen LogP contribution in [0.25, 0.3) is 0 Å². The van der Waals surface area contributed by atoms with Gasteiger partial charge in [0.15, 0.2) is 0 Å². The van der Waals surface area contributed by atoms with Crippen molar-refractivity contribution < 1.29 is 14.4 Å². The molecule has 150 valence electrons. The Morgan fingerprint density at radius 1 is 0.933 bits per heavy atom. The number of anilines is 2. The second-order valence-corrected chi connectivity index (χ2v) is 9.11. The third-order valence-electron chi connectivity index (χ3n) is 7.13. The Kier molecular flexibility index (Phi) is 3.75. The lowest BCUT2D eigenvalue weighted by Gasteiger charge is -2.37. The molecule has 30 heavy (non-hydrogen) atoms. The minimum absolute atomic E-state index is 0.120. The predicted octanol–water partition coefficient (Wildman–Crippen LogP) is 4.15. The van der Waals surface area contributed by atoms with Gasteiger partial charge in [-0.05, 0) is 72.6 Å². The number of nitrogens with zero attached hydrogens (tertiary/aromatic N) is 1. The SMILES string of the molecule is O=C(Nc1ccc(Cl)cc1)c1cccc(N2C(=O)[C@@H]3[C@H]4C=C[C@@H]([C@@H]5C[C@@H]45)[C@@H]3C2=O)c1. The van der Waals surface area contributed by atoms with Gasteiger partial charge in [-0.2, -0.15) is 0 Å². The maximum absolute atomic E-state index is 13.3. The summed E-state index contributed by atoms with van der Waals surface area (Å²) in [5.74, 6) is 0.453. The highest BCUT2D eigenvalue weighted by Gasteiger charge is 2.67. The molecule has 6 atom stereocenters. The first-order valence-corrected chi connectivity index (χ1v) is 10.6. The zero-order chi connectivity index (χ0) is 20.6. The summed E-state index contributed by atoms with van der Waals surface area (Å²) >= 11 is 5.89. The molecule has 0 unspecified atom stereocenters. The number of allylic oxidation sites excluding steroid dienone is 2. The Hall–Kier alpha value is -2.92. The van der Waals surface area contributed by atoms with Crippen LogP contribution in [0.15, 0.2) is 60.7 Å². The molecule has 7 rings (SSSR count). The van der Waals surface area contributed by atoms with Crippen LogP contribution in [-0.2, 0) is 9.59 Å². The molecule has 2 saturated carbocycles. The molecule has 1 heterocycles. The fraction of sp³-hybridized carbons (Fsp3) is 0.292. The van der Waals surface area contributed by atoms with E-state index in [-0.39, 0.29) is 41.4 Å². The van der Waals surface area contributed by atoms with Gasteiger partial charge in [-0.15, -0.1) is 0 Å². The van der Waals surface area contributed by atoms with Gasteiger partial charge in [-0.1, -0.05) is 29.8 Å². The Bertz CT molecular complexity index is 1090. The number of rotatable bonds is 3. The zero-order valence-corrected chi connectivity index (χ0v) is 16.8. The molecular formula is C24H19ClN2O3. The van der Waals surface area contributed by atoms with E-state index in [2.05, 4.69) is 17.5 Å². The molecule has 1 aliphatic heterocycles. The van der Waals surface area contributed by atoms with Gasteiger partial charge in [0.1, 0.15) is 0 Å². The molecule has 0 aromatic heterocycles. The van der Waals surface area contributed by atoms with E-state index in [1.807, 2.05) is 0 Å². The summed E-state index contributed by atoms with van der Waals surface area (Å²) in [4.78, 5) is 40.5.